The van der Waals surface area contributed by atoms with Crippen LogP contribution in [-0.4, -0.2) is 40.9 Å². The van der Waals surface area contributed by atoms with E-state index in [0.29, 0.717) is 32.5 Å². The first-order valence-electron chi connectivity index (χ1n) is 9.18. The van der Waals surface area contributed by atoms with Crippen molar-refractivity contribution in [2.75, 3.05) is 19.6 Å². The molecular weight excluding hydrogens is 348 g/mol. The maximum absolute atomic E-state index is 13.6. The highest BCUT2D eigenvalue weighted by molar-refractivity contribution is 5.87. The molecule has 2 fully saturated rings. The second kappa shape index (κ2) is 7.18. The molecule has 144 valence electrons. The first kappa shape index (κ1) is 19.1. The third-order valence-corrected chi connectivity index (χ3v) is 5.55. The Hall–Kier alpha value is -1.63. The molecule has 0 N–H and O–H groups in total. The predicted molar refractivity (Wildman–Crippen MR) is 89.9 cm³/mol. The zero-order chi connectivity index (χ0) is 18.9. The van der Waals surface area contributed by atoms with Gasteiger partial charge in [0, 0.05) is 19.6 Å². The van der Waals surface area contributed by atoms with Crippen molar-refractivity contribution in [3.63, 3.8) is 0 Å². The molecule has 0 aliphatic carbocycles. The zero-order valence-corrected chi connectivity index (χ0v) is 14.9. The predicted octanol–water partition coefficient (Wildman–Crippen LogP) is 4.21. The lowest BCUT2D eigenvalue weighted by atomic mass is 9.85. The molecule has 1 atom stereocenters. The SMILES string of the molecule is CCCN1CCCC2(CCCN2Cc2cc(F)ccc2C(F)(F)F)C1=O. The summed E-state index contributed by atoms with van der Waals surface area (Å²) >= 11 is 0. The van der Waals surface area contributed by atoms with Gasteiger partial charge < -0.3 is 4.90 Å². The van der Waals surface area contributed by atoms with Gasteiger partial charge in [-0.3, -0.25) is 9.69 Å². The number of hydrogen-bond donors (Lipinski definition) is 0. The van der Waals surface area contributed by atoms with Gasteiger partial charge in [-0.1, -0.05) is 6.92 Å². The minimum Gasteiger partial charge on any atom is -0.341 e. The van der Waals surface area contributed by atoms with Crippen LogP contribution in [-0.2, 0) is 17.5 Å². The summed E-state index contributed by atoms with van der Waals surface area (Å²) in [5.41, 5.74) is -1.66. The van der Waals surface area contributed by atoms with Crippen molar-refractivity contribution in [3.8, 4) is 0 Å². The summed E-state index contributed by atoms with van der Waals surface area (Å²) in [6.45, 7) is 3.87. The molecule has 0 saturated carbocycles. The Kier molecular flexibility index (Phi) is 5.28. The maximum Gasteiger partial charge on any atom is 0.416 e. The molecule has 7 heteroatoms. The molecule has 0 bridgehead atoms. The lowest BCUT2D eigenvalue weighted by Gasteiger charge is -2.45. The fraction of sp³-hybridized carbons (Fsp3) is 0.632. The van der Waals surface area contributed by atoms with Crippen molar-refractivity contribution < 1.29 is 22.4 Å². The van der Waals surface area contributed by atoms with Crippen LogP contribution in [0.4, 0.5) is 17.6 Å². The summed E-state index contributed by atoms with van der Waals surface area (Å²) in [6, 6.07) is 2.58. The number of benzene rings is 1. The molecule has 0 aromatic heterocycles. The molecule has 3 rings (SSSR count). The van der Waals surface area contributed by atoms with E-state index in [1.165, 1.54) is 0 Å². The highest BCUT2D eigenvalue weighted by Crippen LogP contribution is 2.41. The summed E-state index contributed by atoms with van der Waals surface area (Å²) in [4.78, 5) is 16.8. The number of nitrogens with zero attached hydrogens (tertiary/aromatic N) is 2. The second-order valence-electron chi connectivity index (χ2n) is 7.25. The summed E-state index contributed by atoms with van der Waals surface area (Å²) in [5, 5.41) is 0. The Labute approximate surface area is 151 Å². The van der Waals surface area contributed by atoms with Gasteiger partial charge in [-0.25, -0.2) is 4.39 Å². The highest BCUT2D eigenvalue weighted by Gasteiger charge is 2.50. The Morgan fingerprint density at radius 2 is 1.85 bits per heavy atom. The van der Waals surface area contributed by atoms with Gasteiger partial charge in [0.15, 0.2) is 0 Å². The van der Waals surface area contributed by atoms with Gasteiger partial charge in [0.05, 0.1) is 5.56 Å². The van der Waals surface area contributed by atoms with E-state index in [-0.39, 0.29) is 18.0 Å². The molecular formula is C19H24F4N2O. The van der Waals surface area contributed by atoms with Gasteiger partial charge >= 0.3 is 6.18 Å². The molecule has 2 heterocycles. The van der Waals surface area contributed by atoms with Crippen molar-refractivity contribution in [2.24, 2.45) is 0 Å². The monoisotopic (exact) mass is 372 g/mol. The van der Waals surface area contributed by atoms with Crippen molar-refractivity contribution in [1.29, 1.82) is 0 Å². The van der Waals surface area contributed by atoms with E-state index < -0.39 is 23.1 Å². The molecule has 1 amide bonds. The maximum atomic E-state index is 13.6. The van der Waals surface area contributed by atoms with E-state index in [9.17, 15) is 22.4 Å². The molecule has 1 aromatic rings. The van der Waals surface area contributed by atoms with E-state index in [1.54, 1.807) is 0 Å². The average Bonchev–Trinajstić information content (AvgIpc) is 2.94. The number of piperidine rings is 1. The Balaban J connectivity index is 1.90. The fourth-order valence-electron chi connectivity index (χ4n) is 4.41. The topological polar surface area (TPSA) is 23.6 Å². The number of likely N-dealkylation sites (tertiary alicyclic amines) is 2. The first-order chi connectivity index (χ1) is 12.3. The van der Waals surface area contributed by atoms with Crippen LogP contribution < -0.4 is 0 Å². The van der Waals surface area contributed by atoms with Gasteiger partial charge in [-0.05, 0) is 62.4 Å². The van der Waals surface area contributed by atoms with Gasteiger partial charge in [0.25, 0.3) is 0 Å². The number of carbonyl (C=O) groups excluding carboxylic acids is 1. The molecule has 26 heavy (non-hydrogen) atoms. The standard InChI is InChI=1S/C19H24F4N2O/c1-2-9-24-10-3-7-18(17(24)26)8-4-11-25(18)13-14-12-15(20)5-6-16(14)19(21,22)23/h5-6,12H,2-4,7-11,13H2,1H3. The van der Waals surface area contributed by atoms with Gasteiger partial charge in [-0.2, -0.15) is 13.2 Å². The van der Waals surface area contributed by atoms with Crippen LogP contribution in [0.1, 0.15) is 50.2 Å². The number of amides is 1. The summed E-state index contributed by atoms with van der Waals surface area (Å²) in [7, 11) is 0. The van der Waals surface area contributed by atoms with Gasteiger partial charge in [-0.15, -0.1) is 0 Å². The zero-order valence-electron chi connectivity index (χ0n) is 14.9. The normalized spacial score (nSPS) is 24.7. The van der Waals surface area contributed by atoms with Crippen LogP contribution in [0, 0.1) is 5.82 Å². The smallest absolute Gasteiger partial charge is 0.341 e. The summed E-state index contributed by atoms with van der Waals surface area (Å²) in [5.74, 6) is -0.670. The largest absolute Gasteiger partial charge is 0.416 e. The van der Waals surface area contributed by atoms with E-state index in [4.69, 9.17) is 0 Å². The van der Waals surface area contributed by atoms with Crippen molar-refractivity contribution in [2.45, 2.75) is 57.3 Å². The third-order valence-electron chi connectivity index (χ3n) is 5.55. The summed E-state index contributed by atoms with van der Waals surface area (Å²) < 4.78 is 53.6. The number of rotatable bonds is 4. The molecule has 3 nitrogen and oxygen atoms in total. The highest BCUT2D eigenvalue weighted by atomic mass is 19.4. The second-order valence-corrected chi connectivity index (χ2v) is 7.25. The Bertz CT molecular complexity index is 674. The van der Waals surface area contributed by atoms with Crippen molar-refractivity contribution in [3.05, 3.63) is 35.1 Å². The molecule has 2 aliphatic rings. The van der Waals surface area contributed by atoms with E-state index >= 15 is 0 Å². The first-order valence-corrected chi connectivity index (χ1v) is 9.18. The lowest BCUT2D eigenvalue weighted by molar-refractivity contribution is -0.148. The number of hydrogen-bond acceptors (Lipinski definition) is 2. The van der Waals surface area contributed by atoms with Crippen LogP contribution in [0.3, 0.4) is 0 Å². The minimum atomic E-state index is -4.54. The van der Waals surface area contributed by atoms with Gasteiger partial charge in [0.2, 0.25) is 5.91 Å². The molecule has 1 aromatic carbocycles. The fourth-order valence-corrected chi connectivity index (χ4v) is 4.41. The van der Waals surface area contributed by atoms with Crippen molar-refractivity contribution in [1.82, 2.24) is 9.80 Å². The van der Waals surface area contributed by atoms with Crippen molar-refractivity contribution >= 4 is 5.91 Å². The Morgan fingerprint density at radius 1 is 1.15 bits per heavy atom. The van der Waals surface area contributed by atoms with Crippen LogP contribution >= 0.6 is 0 Å². The molecule has 0 radical (unpaired) electrons. The average molecular weight is 372 g/mol. The third kappa shape index (κ3) is 3.46. The Morgan fingerprint density at radius 3 is 2.50 bits per heavy atom. The number of carbonyl (C=O) groups is 1. The molecule has 1 spiro atoms. The van der Waals surface area contributed by atoms with E-state index in [2.05, 4.69) is 0 Å². The quantitative estimate of drug-likeness (QED) is 0.739. The number of alkyl halides is 3. The molecule has 2 aliphatic heterocycles. The van der Waals surface area contributed by atoms with Gasteiger partial charge in [0.1, 0.15) is 11.4 Å². The number of halogens is 4. The van der Waals surface area contributed by atoms with Crippen LogP contribution in [0.2, 0.25) is 0 Å². The van der Waals surface area contributed by atoms with Crippen LogP contribution in [0.15, 0.2) is 18.2 Å². The van der Waals surface area contributed by atoms with E-state index in [0.717, 1.165) is 37.5 Å². The van der Waals surface area contributed by atoms with Crippen LogP contribution in [0.25, 0.3) is 0 Å². The van der Waals surface area contributed by atoms with E-state index in [1.807, 2.05) is 16.7 Å². The van der Waals surface area contributed by atoms with Crippen LogP contribution in [0.5, 0.6) is 0 Å². The lowest BCUT2D eigenvalue weighted by Crippen LogP contribution is -2.59. The minimum absolute atomic E-state index is 0.0214. The molecule has 1 unspecified atom stereocenters. The molecule has 2 saturated heterocycles. The summed E-state index contributed by atoms with van der Waals surface area (Å²) in [6.07, 6.45) is -0.768.